The Morgan fingerprint density at radius 2 is 1.68 bits per heavy atom. The minimum absolute atomic E-state index is 0.119. The van der Waals surface area contributed by atoms with Gasteiger partial charge in [-0.25, -0.2) is 0 Å². The summed E-state index contributed by atoms with van der Waals surface area (Å²) in [5, 5.41) is 0.961. The number of aromatic nitrogens is 1. The van der Waals surface area contributed by atoms with Crippen molar-refractivity contribution in [2.75, 3.05) is 14.2 Å². The Hall–Kier alpha value is -4.25. The number of ether oxygens (including phenoxy) is 1. The second kappa shape index (κ2) is 8.38. The average molecular weight is 504 g/mol. The number of carbonyl (C=O) groups excluding carboxylic acids is 2. The number of methoxy groups -OCH3 is 1. The summed E-state index contributed by atoms with van der Waals surface area (Å²) in [6, 6.07) is 22.2. The lowest BCUT2D eigenvalue weighted by molar-refractivity contribution is -0.401. The van der Waals surface area contributed by atoms with Crippen molar-refractivity contribution in [3.05, 3.63) is 95.1 Å². The van der Waals surface area contributed by atoms with Gasteiger partial charge < -0.3 is 9.30 Å². The van der Waals surface area contributed by atoms with Gasteiger partial charge in [0.1, 0.15) is 18.7 Å². The van der Waals surface area contributed by atoms with Gasteiger partial charge in [0.15, 0.2) is 17.3 Å². The molecule has 0 spiro atoms. The largest absolute Gasteiger partial charge is 0.497 e. The van der Waals surface area contributed by atoms with Gasteiger partial charge in [0.05, 0.1) is 23.8 Å². The predicted molar refractivity (Wildman–Crippen MR) is 151 cm³/mol. The number of hydrogen-bond donors (Lipinski definition) is 0. The number of carbonyl (C=O) groups is 2. The summed E-state index contributed by atoms with van der Waals surface area (Å²) in [7, 11) is 5.65. The zero-order valence-electron chi connectivity index (χ0n) is 22.6. The lowest BCUT2D eigenvalue weighted by Crippen LogP contribution is -2.40. The summed E-state index contributed by atoms with van der Waals surface area (Å²) in [5.74, 6) is -0.257. The van der Waals surface area contributed by atoms with Crippen LogP contribution in [0, 0.1) is 6.92 Å². The Balaban J connectivity index is 1.47. The van der Waals surface area contributed by atoms with Gasteiger partial charge >= 0.3 is 0 Å². The molecule has 0 unspecified atom stereocenters. The Bertz CT molecular complexity index is 1720. The van der Waals surface area contributed by atoms with Crippen molar-refractivity contribution in [1.82, 2.24) is 4.57 Å². The molecule has 1 aromatic heterocycles. The molecule has 0 bridgehead atoms. The highest BCUT2D eigenvalue weighted by atomic mass is 16.5. The van der Waals surface area contributed by atoms with Crippen LogP contribution < -0.4 is 4.74 Å². The molecule has 3 aromatic carbocycles. The van der Waals surface area contributed by atoms with Crippen LogP contribution >= 0.6 is 0 Å². The molecule has 0 radical (unpaired) electrons. The summed E-state index contributed by atoms with van der Waals surface area (Å²) in [6.45, 7) is 6.27. The van der Waals surface area contributed by atoms with E-state index in [1.165, 1.54) is 0 Å². The molecule has 2 aliphatic rings. The molecule has 2 heterocycles. The number of allylic oxidation sites excluding steroid dienone is 2. The van der Waals surface area contributed by atoms with Crippen LogP contribution in [0.2, 0.25) is 0 Å². The Morgan fingerprint density at radius 1 is 0.974 bits per heavy atom. The topological polar surface area (TPSA) is 51.3 Å². The number of aryl methyl sites for hydroxylation is 2. The van der Waals surface area contributed by atoms with E-state index in [1.807, 2.05) is 75.6 Å². The van der Waals surface area contributed by atoms with Crippen molar-refractivity contribution < 1.29 is 18.9 Å². The Kier molecular flexibility index (Phi) is 5.32. The summed E-state index contributed by atoms with van der Waals surface area (Å²) in [4.78, 5) is 27.6. The van der Waals surface area contributed by atoms with Crippen LogP contribution in [-0.4, -0.2) is 40.6 Å². The van der Waals surface area contributed by atoms with Gasteiger partial charge in [-0.3, -0.25) is 9.59 Å². The fourth-order valence-electron chi connectivity index (χ4n) is 6.24. The van der Waals surface area contributed by atoms with Gasteiger partial charge in [0, 0.05) is 41.2 Å². The maximum absolute atomic E-state index is 13.8. The third kappa shape index (κ3) is 3.27. The lowest BCUT2D eigenvalue weighted by Gasteiger charge is -2.27. The molecule has 0 amide bonds. The minimum atomic E-state index is -0.806. The number of ketones is 2. The zero-order chi connectivity index (χ0) is 26.9. The smallest absolute Gasteiger partial charge is 0.209 e. The van der Waals surface area contributed by atoms with E-state index < -0.39 is 5.92 Å². The number of fused-ring (bicyclic) bond motifs is 2. The molecule has 0 N–H and O–H groups in total. The van der Waals surface area contributed by atoms with Crippen molar-refractivity contribution in [1.29, 1.82) is 0 Å². The SMILES string of the molecule is COc1ccc2c(c1)C(C)(C)C(C=C1C(=O)C(c3c(-c4ccccc4)n(C)c4ccc(C)cc34)C1=O)=[N+]2C. The second-order valence-corrected chi connectivity index (χ2v) is 10.9. The first-order chi connectivity index (χ1) is 18.1. The summed E-state index contributed by atoms with van der Waals surface area (Å²) in [6.07, 6.45) is 1.81. The molecular weight excluding hydrogens is 472 g/mol. The monoisotopic (exact) mass is 503 g/mol. The third-order valence-corrected chi connectivity index (χ3v) is 8.31. The first-order valence-corrected chi connectivity index (χ1v) is 12.9. The van der Waals surface area contributed by atoms with E-state index in [4.69, 9.17) is 4.74 Å². The molecule has 38 heavy (non-hydrogen) atoms. The minimum Gasteiger partial charge on any atom is -0.497 e. The van der Waals surface area contributed by atoms with Gasteiger partial charge in [-0.15, -0.1) is 0 Å². The maximum Gasteiger partial charge on any atom is 0.209 e. The van der Waals surface area contributed by atoms with E-state index in [2.05, 4.69) is 41.2 Å². The lowest BCUT2D eigenvalue weighted by atomic mass is 9.70. The maximum atomic E-state index is 13.8. The average Bonchev–Trinajstić information content (AvgIpc) is 3.29. The molecule has 1 fully saturated rings. The molecule has 190 valence electrons. The molecule has 1 aliphatic heterocycles. The second-order valence-electron chi connectivity index (χ2n) is 10.9. The normalized spacial score (nSPS) is 18.2. The van der Waals surface area contributed by atoms with Gasteiger partial charge in [0.25, 0.3) is 0 Å². The number of Topliss-reactive ketones (excluding diaryl/α,β-unsaturated/α-hetero) is 2. The van der Waals surface area contributed by atoms with Crippen molar-refractivity contribution >= 4 is 33.9 Å². The molecule has 1 aliphatic carbocycles. The highest BCUT2D eigenvalue weighted by molar-refractivity contribution is 6.44. The van der Waals surface area contributed by atoms with Crippen LogP contribution in [0.25, 0.3) is 22.2 Å². The van der Waals surface area contributed by atoms with Crippen LogP contribution in [0.4, 0.5) is 5.69 Å². The highest BCUT2D eigenvalue weighted by Gasteiger charge is 2.51. The fraction of sp³-hybridized carbons (Fsp3) is 0.242. The molecule has 6 rings (SSSR count). The van der Waals surface area contributed by atoms with Crippen LogP contribution in [0.15, 0.2) is 78.4 Å². The standard InChI is InChI=1S/C33H31N2O3/c1-19-12-14-25-22(16-19)28(30(35(25)5)20-10-8-7-9-11-20)29-31(36)23(32(29)37)18-27-33(2,3)24-17-21(38-6)13-15-26(24)34(27)4/h7-18,29H,1-6H3/q+1. The predicted octanol–water partition coefficient (Wildman–Crippen LogP) is 6.03. The van der Waals surface area contributed by atoms with E-state index in [0.29, 0.717) is 0 Å². The summed E-state index contributed by atoms with van der Waals surface area (Å²) >= 11 is 0. The molecule has 5 nitrogen and oxygen atoms in total. The van der Waals surface area contributed by atoms with Crippen molar-refractivity contribution in [2.24, 2.45) is 7.05 Å². The van der Waals surface area contributed by atoms with E-state index in [9.17, 15) is 9.59 Å². The van der Waals surface area contributed by atoms with E-state index >= 15 is 0 Å². The van der Waals surface area contributed by atoms with E-state index in [-0.39, 0.29) is 22.6 Å². The number of hydrogen-bond acceptors (Lipinski definition) is 3. The third-order valence-electron chi connectivity index (χ3n) is 8.31. The molecule has 0 saturated heterocycles. The first kappa shape index (κ1) is 24.1. The van der Waals surface area contributed by atoms with Crippen LogP contribution in [0.5, 0.6) is 5.75 Å². The quantitative estimate of drug-likeness (QED) is 0.148. The zero-order valence-corrected chi connectivity index (χ0v) is 22.6. The van der Waals surface area contributed by atoms with Gasteiger partial charge in [-0.2, -0.15) is 4.58 Å². The molecule has 0 atom stereocenters. The summed E-state index contributed by atoms with van der Waals surface area (Å²) in [5.41, 5.74) is 7.79. The van der Waals surface area contributed by atoms with Crippen molar-refractivity contribution in [3.63, 3.8) is 0 Å². The van der Waals surface area contributed by atoms with Gasteiger partial charge in [-0.1, -0.05) is 42.0 Å². The highest BCUT2D eigenvalue weighted by Crippen LogP contribution is 2.46. The van der Waals surface area contributed by atoms with Gasteiger partial charge in [-0.05, 0) is 50.6 Å². The molecule has 4 aromatic rings. The Morgan fingerprint density at radius 3 is 2.37 bits per heavy atom. The van der Waals surface area contributed by atoms with E-state index in [1.54, 1.807) is 7.11 Å². The molecule has 1 saturated carbocycles. The number of benzene rings is 3. The number of rotatable bonds is 4. The van der Waals surface area contributed by atoms with Crippen molar-refractivity contribution in [3.8, 4) is 17.0 Å². The van der Waals surface area contributed by atoms with Gasteiger partial charge in [0.2, 0.25) is 5.69 Å². The number of nitrogens with zero attached hydrogens (tertiary/aromatic N) is 2. The van der Waals surface area contributed by atoms with Crippen LogP contribution in [0.1, 0.15) is 36.5 Å². The molecule has 5 heteroatoms. The first-order valence-electron chi connectivity index (χ1n) is 12.9. The Labute approximate surface area is 222 Å². The molecular formula is C33H31N2O3+. The fourth-order valence-corrected chi connectivity index (χ4v) is 6.24. The van der Waals surface area contributed by atoms with Crippen molar-refractivity contribution in [2.45, 2.75) is 32.1 Å². The van der Waals surface area contributed by atoms with E-state index in [0.717, 1.165) is 56.0 Å². The summed E-state index contributed by atoms with van der Waals surface area (Å²) < 4.78 is 9.63. The van der Waals surface area contributed by atoms with Crippen LogP contribution in [0.3, 0.4) is 0 Å². The van der Waals surface area contributed by atoms with Crippen LogP contribution in [-0.2, 0) is 22.1 Å².